The van der Waals surface area contributed by atoms with Crippen LogP contribution in [0, 0.1) is 6.92 Å². The van der Waals surface area contributed by atoms with Crippen LogP contribution in [0.5, 0.6) is 0 Å². The molecule has 5 rings (SSSR count). The number of fused-ring (bicyclic) bond motifs is 1. The Morgan fingerprint density at radius 1 is 1.00 bits per heavy atom. The van der Waals surface area contributed by atoms with Crippen LogP contribution in [0.15, 0.2) is 87.8 Å². The lowest BCUT2D eigenvalue weighted by molar-refractivity contribution is -0.111. The molecule has 0 saturated heterocycles. The summed E-state index contributed by atoms with van der Waals surface area (Å²) in [4.78, 5) is 14.2. The molecule has 0 atom stereocenters. The van der Waals surface area contributed by atoms with Crippen LogP contribution in [0.3, 0.4) is 0 Å². The van der Waals surface area contributed by atoms with Gasteiger partial charge in [0.15, 0.2) is 0 Å². The van der Waals surface area contributed by atoms with Gasteiger partial charge in [-0.15, -0.1) is 10.2 Å². The van der Waals surface area contributed by atoms with Crippen molar-refractivity contribution in [3.05, 3.63) is 100 Å². The van der Waals surface area contributed by atoms with E-state index in [2.05, 4.69) is 50.5 Å². The molecule has 6 nitrogen and oxygen atoms in total. The molecule has 174 valence electrons. The minimum absolute atomic E-state index is 0.253. The average Bonchev–Trinajstić information content (AvgIpc) is 3.50. The van der Waals surface area contributed by atoms with Crippen LogP contribution in [-0.2, 0) is 11.2 Å². The van der Waals surface area contributed by atoms with E-state index in [-0.39, 0.29) is 5.91 Å². The van der Waals surface area contributed by atoms with Gasteiger partial charge in [-0.1, -0.05) is 47.1 Å². The van der Waals surface area contributed by atoms with Crippen LogP contribution < -0.4 is 5.32 Å². The third-order valence-corrected chi connectivity index (χ3v) is 6.24. The van der Waals surface area contributed by atoms with Gasteiger partial charge >= 0.3 is 0 Å². The zero-order chi connectivity index (χ0) is 24.4. The molecular weight excluding hydrogens is 504 g/mol. The molecule has 2 aromatic heterocycles. The zero-order valence-corrected chi connectivity index (χ0v) is 20.9. The monoisotopic (exact) mass is 526 g/mol. The number of aryl methyl sites for hydroxylation is 2. The Morgan fingerprint density at radius 3 is 2.43 bits per heavy atom. The van der Waals surface area contributed by atoms with Crippen LogP contribution in [-0.4, -0.2) is 20.9 Å². The fourth-order valence-electron chi connectivity index (χ4n) is 3.73. The number of anilines is 1. The first kappa shape index (κ1) is 22.8. The molecule has 0 fully saturated rings. The maximum atomic E-state index is 12.6. The van der Waals surface area contributed by atoms with Crippen molar-refractivity contribution < 1.29 is 9.21 Å². The molecule has 1 N–H and O–H groups in total. The van der Waals surface area contributed by atoms with Crippen LogP contribution in [0.25, 0.3) is 34.1 Å². The molecule has 7 heteroatoms. The molecule has 0 aliphatic carbocycles. The summed E-state index contributed by atoms with van der Waals surface area (Å²) in [5, 5.41) is 12.1. The molecular formula is C28H23BrN4O2. The van der Waals surface area contributed by atoms with E-state index in [0.717, 1.165) is 39.0 Å². The highest BCUT2D eigenvalue weighted by molar-refractivity contribution is 9.10. The van der Waals surface area contributed by atoms with Crippen molar-refractivity contribution in [2.45, 2.75) is 20.3 Å². The van der Waals surface area contributed by atoms with Crippen molar-refractivity contribution in [1.29, 1.82) is 0 Å². The zero-order valence-electron chi connectivity index (χ0n) is 19.3. The number of nitrogens with zero attached hydrogens (tertiary/aromatic N) is 3. The Balaban J connectivity index is 1.30. The Kier molecular flexibility index (Phi) is 6.33. The minimum Gasteiger partial charge on any atom is -0.457 e. The van der Waals surface area contributed by atoms with E-state index in [9.17, 15) is 4.79 Å². The van der Waals surface area contributed by atoms with Gasteiger partial charge in [0.1, 0.15) is 22.6 Å². The number of hydrogen-bond donors (Lipinski definition) is 1. The minimum atomic E-state index is -0.253. The average molecular weight is 527 g/mol. The standard InChI is InChI=1S/C28H23BrN4O2/c1-3-19-4-10-22(11-5-19)33-31-25-16-18(2)24(17-26(25)32-33)30-28(34)15-13-23-12-14-27(35-23)20-6-8-21(29)9-7-20/h4-17H,3H2,1-2H3,(H,30,34)/b15-13+. The molecule has 0 saturated carbocycles. The summed E-state index contributed by atoms with van der Waals surface area (Å²) in [7, 11) is 0. The number of carbonyl (C=O) groups is 1. The Bertz CT molecular complexity index is 1530. The van der Waals surface area contributed by atoms with Gasteiger partial charge in [-0.05, 0) is 79.1 Å². The molecule has 0 radical (unpaired) electrons. The molecule has 0 aliphatic heterocycles. The first-order valence-corrected chi connectivity index (χ1v) is 12.1. The van der Waals surface area contributed by atoms with Crippen molar-refractivity contribution >= 4 is 44.6 Å². The quantitative estimate of drug-likeness (QED) is 0.242. The number of carbonyl (C=O) groups excluding carboxylic acids is 1. The SMILES string of the molecule is CCc1ccc(-n2nc3cc(C)c(NC(=O)/C=C/c4ccc(-c5ccc(Br)cc5)o4)cc3n2)cc1. The number of benzene rings is 3. The van der Waals surface area contributed by atoms with Gasteiger partial charge in [-0.3, -0.25) is 4.79 Å². The largest absolute Gasteiger partial charge is 0.457 e. The number of aromatic nitrogens is 3. The molecule has 1 amide bonds. The number of amides is 1. The predicted molar refractivity (Wildman–Crippen MR) is 142 cm³/mol. The second-order valence-corrected chi connectivity index (χ2v) is 9.11. The van der Waals surface area contributed by atoms with Crippen LogP contribution in [0.4, 0.5) is 5.69 Å². The number of nitrogens with one attached hydrogen (secondary N) is 1. The number of hydrogen-bond acceptors (Lipinski definition) is 4. The number of rotatable bonds is 6. The summed E-state index contributed by atoms with van der Waals surface area (Å²) in [6.45, 7) is 4.06. The Hall–Kier alpha value is -3.97. The summed E-state index contributed by atoms with van der Waals surface area (Å²) >= 11 is 3.43. The number of halogens is 1. The maximum absolute atomic E-state index is 12.6. The lowest BCUT2D eigenvalue weighted by Gasteiger charge is -2.05. The second-order valence-electron chi connectivity index (χ2n) is 8.20. The highest BCUT2D eigenvalue weighted by atomic mass is 79.9. The van der Waals surface area contributed by atoms with Gasteiger partial charge in [0.05, 0.1) is 5.69 Å². The normalized spacial score (nSPS) is 11.4. The van der Waals surface area contributed by atoms with Crippen LogP contribution in [0.1, 0.15) is 23.8 Å². The van der Waals surface area contributed by atoms with E-state index in [1.807, 2.05) is 67.6 Å². The summed E-state index contributed by atoms with van der Waals surface area (Å²) < 4.78 is 6.85. The van der Waals surface area contributed by atoms with Crippen LogP contribution >= 0.6 is 15.9 Å². The van der Waals surface area contributed by atoms with E-state index in [1.54, 1.807) is 10.9 Å². The fraction of sp³-hybridized carbons (Fsp3) is 0.107. The van der Waals surface area contributed by atoms with Gasteiger partial charge in [0.25, 0.3) is 0 Å². The number of furan rings is 1. The predicted octanol–water partition coefficient (Wildman–Crippen LogP) is 6.97. The molecule has 0 bridgehead atoms. The summed E-state index contributed by atoms with van der Waals surface area (Å²) in [6, 6.07) is 23.5. The summed E-state index contributed by atoms with van der Waals surface area (Å²) in [6.07, 6.45) is 4.10. The van der Waals surface area contributed by atoms with Crippen molar-refractivity contribution in [3.8, 4) is 17.0 Å². The molecule has 0 aliphatic rings. The van der Waals surface area contributed by atoms with E-state index in [0.29, 0.717) is 17.0 Å². The van der Waals surface area contributed by atoms with E-state index >= 15 is 0 Å². The lowest BCUT2D eigenvalue weighted by atomic mass is 10.1. The van der Waals surface area contributed by atoms with Gasteiger partial charge in [0, 0.05) is 21.8 Å². The van der Waals surface area contributed by atoms with Gasteiger partial charge < -0.3 is 9.73 Å². The molecule has 2 heterocycles. The van der Waals surface area contributed by atoms with Gasteiger partial charge in [-0.25, -0.2) is 0 Å². The molecule has 0 unspecified atom stereocenters. The summed E-state index contributed by atoms with van der Waals surface area (Å²) in [5.74, 6) is 1.09. The topological polar surface area (TPSA) is 73.0 Å². The molecule has 35 heavy (non-hydrogen) atoms. The Labute approximate surface area is 211 Å². The first-order chi connectivity index (χ1) is 17.0. The highest BCUT2D eigenvalue weighted by Gasteiger charge is 2.10. The van der Waals surface area contributed by atoms with E-state index in [1.165, 1.54) is 11.6 Å². The fourth-order valence-corrected chi connectivity index (χ4v) is 3.99. The second kappa shape index (κ2) is 9.72. The van der Waals surface area contributed by atoms with Crippen molar-refractivity contribution in [2.24, 2.45) is 0 Å². The third kappa shape index (κ3) is 5.10. The van der Waals surface area contributed by atoms with Crippen molar-refractivity contribution in [1.82, 2.24) is 15.0 Å². The van der Waals surface area contributed by atoms with E-state index in [4.69, 9.17) is 4.42 Å². The molecule has 3 aromatic carbocycles. The maximum Gasteiger partial charge on any atom is 0.248 e. The Morgan fingerprint density at radius 2 is 1.71 bits per heavy atom. The van der Waals surface area contributed by atoms with E-state index < -0.39 is 0 Å². The smallest absolute Gasteiger partial charge is 0.248 e. The third-order valence-electron chi connectivity index (χ3n) is 5.71. The van der Waals surface area contributed by atoms with Crippen LogP contribution in [0.2, 0.25) is 0 Å². The highest BCUT2D eigenvalue weighted by Crippen LogP contribution is 2.25. The summed E-state index contributed by atoms with van der Waals surface area (Å²) in [5.41, 5.74) is 6.20. The van der Waals surface area contributed by atoms with Gasteiger partial charge in [0.2, 0.25) is 5.91 Å². The van der Waals surface area contributed by atoms with Crippen molar-refractivity contribution in [2.75, 3.05) is 5.32 Å². The first-order valence-electron chi connectivity index (χ1n) is 11.3. The van der Waals surface area contributed by atoms with Crippen molar-refractivity contribution in [3.63, 3.8) is 0 Å². The lowest BCUT2D eigenvalue weighted by Crippen LogP contribution is -2.08. The van der Waals surface area contributed by atoms with Gasteiger partial charge in [-0.2, -0.15) is 4.80 Å². The molecule has 5 aromatic rings. The molecule has 0 spiro atoms.